The number of carbonyl (C=O) groups is 2. The van der Waals surface area contributed by atoms with Crippen LogP contribution in [0.5, 0.6) is 11.5 Å². The number of benzene rings is 2. The van der Waals surface area contributed by atoms with Crippen molar-refractivity contribution in [3.63, 3.8) is 0 Å². The van der Waals surface area contributed by atoms with Crippen molar-refractivity contribution in [1.82, 2.24) is 0 Å². The summed E-state index contributed by atoms with van der Waals surface area (Å²) in [7, 11) is 1.41. The molecule has 2 aromatic rings. The fraction of sp³-hybridized carbons (Fsp3) is 0.150. The third-order valence-corrected chi connectivity index (χ3v) is 4.74. The second kappa shape index (κ2) is 10.1. The van der Waals surface area contributed by atoms with Crippen molar-refractivity contribution in [2.45, 2.75) is 6.92 Å². The van der Waals surface area contributed by atoms with E-state index in [1.165, 1.54) is 13.2 Å². The maximum absolute atomic E-state index is 12.5. The van der Waals surface area contributed by atoms with Gasteiger partial charge in [0.05, 0.1) is 10.7 Å². The van der Waals surface area contributed by atoms with E-state index in [2.05, 4.69) is 5.32 Å². The predicted molar refractivity (Wildman–Crippen MR) is 117 cm³/mol. The van der Waals surface area contributed by atoms with Crippen LogP contribution in [0.15, 0.2) is 35.9 Å². The summed E-state index contributed by atoms with van der Waals surface area (Å²) in [6, 6.07) is 10.1. The highest BCUT2D eigenvalue weighted by Gasteiger charge is 2.15. The smallest absolute Gasteiger partial charge is 0.341 e. The molecule has 0 aliphatic rings. The molecular formula is C20H16ClIN2O5. The fourth-order valence-corrected chi connectivity index (χ4v) is 3.38. The average Bonchev–Trinajstić information content (AvgIpc) is 2.66. The number of nitriles is 1. The molecule has 0 saturated carbocycles. The Bertz CT molecular complexity index is 1030. The molecule has 0 aliphatic carbocycles. The van der Waals surface area contributed by atoms with Gasteiger partial charge in [-0.05, 0) is 77.0 Å². The fourth-order valence-electron chi connectivity index (χ4n) is 2.37. The molecule has 0 radical (unpaired) electrons. The second-order valence-corrected chi connectivity index (χ2v) is 7.40. The molecule has 29 heavy (non-hydrogen) atoms. The van der Waals surface area contributed by atoms with Crippen LogP contribution in [0.2, 0.25) is 5.02 Å². The van der Waals surface area contributed by atoms with Gasteiger partial charge < -0.3 is 19.9 Å². The highest BCUT2D eigenvalue weighted by Crippen LogP contribution is 2.34. The van der Waals surface area contributed by atoms with Gasteiger partial charge in [-0.3, -0.25) is 4.79 Å². The molecular weight excluding hydrogens is 511 g/mol. The van der Waals surface area contributed by atoms with Gasteiger partial charge >= 0.3 is 5.97 Å². The van der Waals surface area contributed by atoms with Crippen LogP contribution in [-0.4, -0.2) is 30.7 Å². The highest BCUT2D eigenvalue weighted by molar-refractivity contribution is 14.1. The van der Waals surface area contributed by atoms with E-state index in [1.54, 1.807) is 37.3 Å². The van der Waals surface area contributed by atoms with Crippen molar-refractivity contribution >= 4 is 57.8 Å². The summed E-state index contributed by atoms with van der Waals surface area (Å²) in [4.78, 5) is 23.2. The maximum Gasteiger partial charge on any atom is 0.341 e. The van der Waals surface area contributed by atoms with Crippen molar-refractivity contribution in [3.05, 3.63) is 55.6 Å². The van der Waals surface area contributed by atoms with Crippen molar-refractivity contribution in [2.75, 3.05) is 19.0 Å². The Labute approximate surface area is 186 Å². The minimum Gasteiger partial charge on any atom is -0.493 e. The van der Waals surface area contributed by atoms with Crippen LogP contribution in [0.1, 0.15) is 11.1 Å². The highest BCUT2D eigenvalue weighted by atomic mass is 127. The summed E-state index contributed by atoms with van der Waals surface area (Å²) < 4.78 is 11.1. The zero-order valence-corrected chi connectivity index (χ0v) is 18.4. The van der Waals surface area contributed by atoms with Crippen LogP contribution in [0.4, 0.5) is 5.69 Å². The third kappa shape index (κ3) is 6.10. The van der Waals surface area contributed by atoms with Crippen molar-refractivity contribution in [3.8, 4) is 17.6 Å². The number of carboxylic acids is 1. The summed E-state index contributed by atoms with van der Waals surface area (Å²) in [5, 5.41) is 21.4. The number of halogens is 2. The number of methoxy groups -OCH3 is 1. The summed E-state index contributed by atoms with van der Waals surface area (Å²) in [6.07, 6.45) is 1.41. The molecule has 0 bridgehead atoms. The van der Waals surface area contributed by atoms with Gasteiger partial charge in [0.25, 0.3) is 5.91 Å². The SMILES string of the molecule is COc1cc(/C=C(\C#N)C(=O)Nc2ccc(Cl)cc2C)cc(I)c1OCC(=O)O. The third-order valence-electron chi connectivity index (χ3n) is 3.70. The van der Waals surface area contributed by atoms with Gasteiger partial charge in [-0.15, -0.1) is 0 Å². The Hall–Kier alpha value is -2.77. The largest absolute Gasteiger partial charge is 0.493 e. The number of hydrogen-bond donors (Lipinski definition) is 2. The average molecular weight is 527 g/mol. The molecule has 150 valence electrons. The number of nitrogens with zero attached hydrogens (tertiary/aromatic N) is 1. The Kier molecular flexibility index (Phi) is 7.87. The van der Waals surface area contributed by atoms with E-state index < -0.39 is 18.5 Å². The molecule has 0 aliphatic heterocycles. The van der Waals surface area contributed by atoms with E-state index in [0.29, 0.717) is 19.8 Å². The van der Waals surface area contributed by atoms with Gasteiger partial charge in [-0.1, -0.05) is 11.6 Å². The molecule has 0 spiro atoms. The second-order valence-electron chi connectivity index (χ2n) is 5.80. The number of carbonyl (C=O) groups excluding carboxylic acids is 1. The minimum absolute atomic E-state index is 0.114. The van der Waals surface area contributed by atoms with Crippen LogP contribution in [-0.2, 0) is 9.59 Å². The number of hydrogen-bond acceptors (Lipinski definition) is 5. The first kappa shape index (κ1) is 22.5. The molecule has 2 rings (SSSR count). The van der Waals surface area contributed by atoms with Gasteiger partial charge in [-0.25, -0.2) is 4.79 Å². The van der Waals surface area contributed by atoms with Crippen LogP contribution < -0.4 is 14.8 Å². The quantitative estimate of drug-likeness (QED) is 0.317. The van der Waals surface area contributed by atoms with Gasteiger partial charge in [-0.2, -0.15) is 5.26 Å². The molecule has 0 unspecified atom stereocenters. The van der Waals surface area contributed by atoms with Gasteiger partial charge in [0.1, 0.15) is 11.6 Å². The molecule has 9 heteroatoms. The molecule has 2 N–H and O–H groups in total. The van der Waals surface area contributed by atoms with E-state index in [1.807, 2.05) is 28.7 Å². The Morgan fingerprint density at radius 1 is 1.34 bits per heavy atom. The van der Waals surface area contributed by atoms with E-state index in [-0.39, 0.29) is 17.1 Å². The molecule has 2 aromatic carbocycles. The van der Waals surface area contributed by atoms with E-state index in [9.17, 15) is 14.9 Å². The number of rotatable bonds is 7. The first-order valence-electron chi connectivity index (χ1n) is 8.16. The summed E-state index contributed by atoms with van der Waals surface area (Å²) in [6.45, 7) is 1.27. The molecule has 7 nitrogen and oxygen atoms in total. The molecule has 0 aromatic heterocycles. The van der Waals surface area contributed by atoms with Crippen molar-refractivity contribution < 1.29 is 24.2 Å². The van der Waals surface area contributed by atoms with Crippen LogP contribution >= 0.6 is 34.2 Å². The van der Waals surface area contributed by atoms with E-state index in [0.717, 1.165) is 5.56 Å². The zero-order valence-electron chi connectivity index (χ0n) is 15.5. The summed E-state index contributed by atoms with van der Waals surface area (Å²) in [5.41, 5.74) is 1.72. The van der Waals surface area contributed by atoms with E-state index in [4.69, 9.17) is 26.2 Å². The first-order chi connectivity index (χ1) is 13.7. The standard InChI is InChI=1S/C20H16ClIN2O5/c1-11-5-14(21)3-4-16(11)24-20(27)13(9-23)6-12-7-15(22)19(17(8-12)28-2)29-10-18(25)26/h3-8H,10H2,1-2H3,(H,24,27)(H,25,26)/b13-6+. The van der Waals surface area contributed by atoms with Crippen molar-refractivity contribution in [1.29, 1.82) is 5.26 Å². The Morgan fingerprint density at radius 2 is 2.07 bits per heavy atom. The Morgan fingerprint density at radius 3 is 2.66 bits per heavy atom. The molecule has 0 fully saturated rings. The molecule has 1 amide bonds. The number of anilines is 1. The first-order valence-corrected chi connectivity index (χ1v) is 9.62. The number of ether oxygens (including phenoxy) is 2. The Balaban J connectivity index is 2.32. The number of amides is 1. The number of carboxylic acid groups (broad SMARTS) is 1. The monoisotopic (exact) mass is 526 g/mol. The lowest BCUT2D eigenvalue weighted by molar-refractivity contribution is -0.139. The molecule has 0 saturated heterocycles. The van der Waals surface area contributed by atoms with Gasteiger partial charge in [0.15, 0.2) is 18.1 Å². The van der Waals surface area contributed by atoms with Crippen LogP contribution in [0.3, 0.4) is 0 Å². The summed E-state index contributed by atoms with van der Waals surface area (Å²) >= 11 is 7.88. The molecule has 0 atom stereocenters. The normalized spacial score (nSPS) is 10.8. The lowest BCUT2D eigenvalue weighted by atomic mass is 10.1. The summed E-state index contributed by atoms with van der Waals surface area (Å²) in [5.74, 6) is -1.13. The van der Waals surface area contributed by atoms with E-state index >= 15 is 0 Å². The number of aryl methyl sites for hydroxylation is 1. The van der Waals surface area contributed by atoms with Crippen LogP contribution in [0.25, 0.3) is 6.08 Å². The zero-order chi connectivity index (χ0) is 21.6. The maximum atomic E-state index is 12.5. The lowest BCUT2D eigenvalue weighted by Gasteiger charge is -2.12. The minimum atomic E-state index is -1.12. The van der Waals surface area contributed by atoms with Crippen molar-refractivity contribution in [2.24, 2.45) is 0 Å². The van der Waals surface area contributed by atoms with Gasteiger partial charge in [0.2, 0.25) is 0 Å². The lowest BCUT2D eigenvalue weighted by Crippen LogP contribution is -2.14. The molecule has 0 heterocycles. The van der Waals surface area contributed by atoms with Gasteiger partial charge in [0, 0.05) is 10.7 Å². The number of aliphatic carboxylic acids is 1. The topological polar surface area (TPSA) is 109 Å². The predicted octanol–water partition coefficient (Wildman–Crippen LogP) is 4.27. The number of nitrogens with one attached hydrogen (secondary N) is 1. The van der Waals surface area contributed by atoms with Crippen LogP contribution in [0, 0.1) is 21.8 Å².